The van der Waals surface area contributed by atoms with Gasteiger partial charge in [-0.3, -0.25) is 9.63 Å². The third-order valence-corrected chi connectivity index (χ3v) is 2.41. The zero-order chi connectivity index (χ0) is 15.0. The summed E-state index contributed by atoms with van der Waals surface area (Å²) in [5, 5.41) is 3.49. The van der Waals surface area contributed by atoms with Crippen molar-refractivity contribution < 1.29 is 23.9 Å². The van der Waals surface area contributed by atoms with E-state index in [2.05, 4.69) is 15.5 Å². The van der Waals surface area contributed by atoms with Gasteiger partial charge in [0.25, 0.3) is 5.91 Å². The lowest BCUT2D eigenvalue weighted by Gasteiger charge is -2.10. The summed E-state index contributed by atoms with van der Waals surface area (Å²) in [6.45, 7) is 1.70. The van der Waals surface area contributed by atoms with Gasteiger partial charge in [-0.05, 0) is 24.6 Å². The van der Waals surface area contributed by atoms with E-state index in [1.807, 2.05) is 6.07 Å². The van der Waals surface area contributed by atoms with Gasteiger partial charge in [-0.1, -0.05) is 11.2 Å². The van der Waals surface area contributed by atoms with Gasteiger partial charge < -0.3 is 14.3 Å². The number of hydrogen-bond donors (Lipinski definition) is 1. The van der Waals surface area contributed by atoms with Crippen LogP contribution < -0.4 is 15.0 Å². The molecule has 7 nitrogen and oxygen atoms in total. The Bertz CT molecular complexity index is 488. The number of hydroxylamine groups is 1. The van der Waals surface area contributed by atoms with E-state index in [-0.39, 0.29) is 12.3 Å². The van der Waals surface area contributed by atoms with E-state index in [9.17, 15) is 4.79 Å². The number of amides is 1. The Balaban J connectivity index is 2.54. The van der Waals surface area contributed by atoms with Crippen molar-refractivity contribution in [2.75, 3.05) is 21.3 Å². The molecule has 1 aromatic carbocycles. The molecule has 1 amide bonds. The Labute approximate surface area is 117 Å². The number of benzene rings is 1. The molecule has 1 rings (SSSR count). The lowest BCUT2D eigenvalue weighted by Crippen LogP contribution is -2.29. The normalized spacial score (nSPS) is 10.9. The molecular formula is C13H18N2O5. The molecule has 0 aliphatic rings. The quantitative estimate of drug-likeness (QED) is 0.602. The van der Waals surface area contributed by atoms with Crippen LogP contribution in [0.2, 0.25) is 0 Å². The second kappa shape index (κ2) is 8.00. The fourth-order valence-corrected chi connectivity index (χ4v) is 1.41. The van der Waals surface area contributed by atoms with E-state index in [1.54, 1.807) is 26.4 Å². The monoisotopic (exact) mass is 282 g/mol. The Morgan fingerprint density at radius 3 is 2.50 bits per heavy atom. The molecule has 0 unspecified atom stereocenters. The second-order valence-corrected chi connectivity index (χ2v) is 3.77. The maximum atomic E-state index is 11.5. The van der Waals surface area contributed by atoms with Crippen molar-refractivity contribution >= 4 is 11.6 Å². The third kappa shape index (κ3) is 4.43. The Hall–Kier alpha value is -2.28. The van der Waals surface area contributed by atoms with Crippen molar-refractivity contribution in [1.82, 2.24) is 5.48 Å². The van der Waals surface area contributed by atoms with Gasteiger partial charge in [-0.15, -0.1) is 0 Å². The van der Waals surface area contributed by atoms with Gasteiger partial charge in [-0.2, -0.15) is 0 Å². The van der Waals surface area contributed by atoms with E-state index in [0.717, 1.165) is 5.56 Å². The number of nitrogens with zero attached hydrogens (tertiary/aromatic N) is 1. The van der Waals surface area contributed by atoms with E-state index < -0.39 is 5.91 Å². The van der Waals surface area contributed by atoms with Crippen molar-refractivity contribution in [2.45, 2.75) is 13.5 Å². The van der Waals surface area contributed by atoms with Crippen LogP contribution in [0.5, 0.6) is 11.5 Å². The molecule has 0 atom stereocenters. The van der Waals surface area contributed by atoms with Gasteiger partial charge in [0.05, 0.1) is 20.8 Å². The first-order valence-electron chi connectivity index (χ1n) is 5.83. The molecule has 0 aliphatic carbocycles. The molecule has 20 heavy (non-hydrogen) atoms. The lowest BCUT2D eigenvalue weighted by atomic mass is 10.2. The lowest BCUT2D eigenvalue weighted by molar-refractivity contribution is -0.127. The van der Waals surface area contributed by atoms with Gasteiger partial charge in [0.15, 0.2) is 11.5 Å². The van der Waals surface area contributed by atoms with Crippen LogP contribution >= 0.6 is 0 Å². The number of oxime groups is 1. The highest BCUT2D eigenvalue weighted by molar-refractivity contribution is 6.37. The smallest absolute Gasteiger partial charge is 0.292 e. The second-order valence-electron chi connectivity index (χ2n) is 3.77. The number of ether oxygens (including phenoxy) is 2. The molecule has 0 aliphatic heterocycles. The molecule has 0 radical (unpaired) electrons. The zero-order valence-corrected chi connectivity index (χ0v) is 11.9. The van der Waals surface area contributed by atoms with Crippen LogP contribution in [0, 0.1) is 0 Å². The maximum Gasteiger partial charge on any atom is 0.292 e. The summed E-state index contributed by atoms with van der Waals surface area (Å²) in [6, 6.07) is 5.33. The summed E-state index contributed by atoms with van der Waals surface area (Å²) in [5.41, 5.74) is 3.25. The minimum Gasteiger partial charge on any atom is -0.493 e. The number of hydrogen-bond acceptors (Lipinski definition) is 6. The summed E-state index contributed by atoms with van der Waals surface area (Å²) in [4.78, 5) is 21.0. The molecule has 0 spiro atoms. The molecule has 0 saturated heterocycles. The van der Waals surface area contributed by atoms with Gasteiger partial charge in [0.2, 0.25) is 0 Å². The summed E-state index contributed by atoms with van der Waals surface area (Å²) < 4.78 is 10.3. The minimum absolute atomic E-state index is 0.166. The first-order valence-corrected chi connectivity index (χ1v) is 5.83. The van der Waals surface area contributed by atoms with Gasteiger partial charge in [-0.25, -0.2) is 5.48 Å². The molecule has 7 heteroatoms. The van der Waals surface area contributed by atoms with Crippen molar-refractivity contribution in [3.8, 4) is 11.5 Å². The van der Waals surface area contributed by atoms with Crippen LogP contribution in [0.15, 0.2) is 23.4 Å². The van der Waals surface area contributed by atoms with Gasteiger partial charge >= 0.3 is 0 Å². The summed E-state index contributed by atoms with van der Waals surface area (Å²) >= 11 is 0. The fraction of sp³-hybridized carbons (Fsp3) is 0.385. The highest BCUT2D eigenvalue weighted by atomic mass is 16.7. The van der Waals surface area contributed by atoms with Crippen molar-refractivity contribution in [2.24, 2.45) is 5.16 Å². The first kappa shape index (κ1) is 15.8. The largest absolute Gasteiger partial charge is 0.493 e. The van der Waals surface area contributed by atoms with E-state index >= 15 is 0 Å². The van der Waals surface area contributed by atoms with Crippen LogP contribution in [-0.2, 0) is 21.1 Å². The molecule has 0 saturated carbocycles. The summed E-state index contributed by atoms with van der Waals surface area (Å²) in [6.07, 6.45) is 0. The molecule has 0 bridgehead atoms. The average Bonchev–Trinajstić information content (AvgIpc) is 2.47. The average molecular weight is 282 g/mol. The van der Waals surface area contributed by atoms with Crippen molar-refractivity contribution in [1.29, 1.82) is 0 Å². The SMILES string of the molecule is CON=C(C)C(=O)NOCc1ccc(OC)c(OC)c1. The summed E-state index contributed by atoms with van der Waals surface area (Å²) in [5.74, 6) is 0.757. The minimum atomic E-state index is -0.465. The standard InChI is InChI=1S/C13H18N2O5/c1-9(14-19-4)13(16)15-20-8-10-5-6-11(17-2)12(7-10)18-3/h5-7H,8H2,1-4H3,(H,15,16). The molecule has 1 aromatic rings. The third-order valence-electron chi connectivity index (χ3n) is 2.41. The van der Waals surface area contributed by atoms with Crippen molar-refractivity contribution in [3.63, 3.8) is 0 Å². The Morgan fingerprint density at radius 1 is 1.20 bits per heavy atom. The topological polar surface area (TPSA) is 78.4 Å². The number of carbonyl (C=O) groups is 1. The Morgan fingerprint density at radius 2 is 1.90 bits per heavy atom. The molecule has 0 fully saturated rings. The predicted octanol–water partition coefficient (Wildman–Crippen LogP) is 1.27. The fourth-order valence-electron chi connectivity index (χ4n) is 1.41. The number of rotatable bonds is 7. The van der Waals surface area contributed by atoms with Crippen LogP contribution in [0.3, 0.4) is 0 Å². The molecule has 0 aromatic heterocycles. The molecule has 1 N–H and O–H groups in total. The summed E-state index contributed by atoms with van der Waals surface area (Å²) in [7, 11) is 4.47. The van der Waals surface area contributed by atoms with Crippen LogP contribution in [-0.4, -0.2) is 32.9 Å². The Kier molecular flexibility index (Phi) is 6.31. The van der Waals surface area contributed by atoms with Crippen molar-refractivity contribution in [3.05, 3.63) is 23.8 Å². The van der Waals surface area contributed by atoms with Crippen LogP contribution in [0.25, 0.3) is 0 Å². The highest BCUT2D eigenvalue weighted by Crippen LogP contribution is 2.27. The molecular weight excluding hydrogens is 264 g/mol. The zero-order valence-electron chi connectivity index (χ0n) is 11.9. The van der Waals surface area contributed by atoms with E-state index in [4.69, 9.17) is 14.3 Å². The first-order chi connectivity index (χ1) is 9.62. The molecule has 110 valence electrons. The molecule has 0 heterocycles. The van der Waals surface area contributed by atoms with E-state index in [0.29, 0.717) is 11.5 Å². The number of nitrogens with one attached hydrogen (secondary N) is 1. The number of carbonyl (C=O) groups excluding carboxylic acids is 1. The van der Waals surface area contributed by atoms with Gasteiger partial charge in [0.1, 0.15) is 12.8 Å². The predicted molar refractivity (Wildman–Crippen MR) is 72.6 cm³/mol. The highest BCUT2D eigenvalue weighted by Gasteiger charge is 2.08. The van der Waals surface area contributed by atoms with Crippen LogP contribution in [0.4, 0.5) is 0 Å². The van der Waals surface area contributed by atoms with Gasteiger partial charge in [0, 0.05) is 0 Å². The maximum absolute atomic E-state index is 11.5. The number of methoxy groups -OCH3 is 2. The van der Waals surface area contributed by atoms with E-state index in [1.165, 1.54) is 14.0 Å². The van der Waals surface area contributed by atoms with Crippen LogP contribution in [0.1, 0.15) is 12.5 Å².